The third-order valence-corrected chi connectivity index (χ3v) is 7.21. The van der Waals surface area contributed by atoms with Crippen molar-refractivity contribution in [2.45, 2.75) is 13.5 Å². The normalized spacial score (nSPS) is 14.4. The van der Waals surface area contributed by atoms with Gasteiger partial charge in [0.1, 0.15) is 17.1 Å². The summed E-state index contributed by atoms with van der Waals surface area (Å²) in [4.78, 5) is 27.0. The molecule has 0 bridgehead atoms. The summed E-state index contributed by atoms with van der Waals surface area (Å²) in [5.41, 5.74) is 3.21. The first-order valence-corrected chi connectivity index (χ1v) is 13.2. The Morgan fingerprint density at radius 2 is 1.63 bits per heavy atom. The van der Waals surface area contributed by atoms with Crippen molar-refractivity contribution in [2.24, 2.45) is 0 Å². The quantitative estimate of drug-likeness (QED) is 0.178. The molecule has 0 saturated carbocycles. The number of aryl methyl sites for hydroxylation is 1. The van der Waals surface area contributed by atoms with E-state index in [-0.39, 0.29) is 39.4 Å². The minimum absolute atomic E-state index is 0.0137. The van der Waals surface area contributed by atoms with Gasteiger partial charge >= 0.3 is 6.03 Å². The van der Waals surface area contributed by atoms with Gasteiger partial charge in [-0.25, -0.2) is 4.79 Å². The molecule has 0 atom stereocenters. The number of aromatic nitrogens is 2. The Hall–Kier alpha value is -3.30. The first kappa shape index (κ1) is 26.3. The number of amides is 3. The number of carbonyl (C=O) groups excluding carboxylic acids is 2. The van der Waals surface area contributed by atoms with Gasteiger partial charge in [0.25, 0.3) is 5.91 Å². The molecule has 1 aliphatic heterocycles. The van der Waals surface area contributed by atoms with Crippen LogP contribution >= 0.6 is 50.7 Å². The van der Waals surface area contributed by atoms with Gasteiger partial charge in [0.2, 0.25) is 5.88 Å². The monoisotopic (exact) mass is 630 g/mol. The Kier molecular flexibility index (Phi) is 7.24. The number of urea groups is 1. The SMILES string of the molecule is Cc1ccc(CN2C(=O)N/C(=C\c3c(-c4ccc(Cl)cc4)nn(-c4c(Cl)cc(Br)cc4Cl)c3O)C2=O)cc1. The molecule has 38 heavy (non-hydrogen) atoms. The van der Waals surface area contributed by atoms with E-state index in [4.69, 9.17) is 34.8 Å². The van der Waals surface area contributed by atoms with E-state index in [0.717, 1.165) is 16.0 Å². The molecule has 1 aliphatic rings. The summed E-state index contributed by atoms with van der Waals surface area (Å²) in [5.74, 6) is -0.864. The van der Waals surface area contributed by atoms with Crippen molar-refractivity contribution in [1.82, 2.24) is 20.0 Å². The predicted molar refractivity (Wildman–Crippen MR) is 152 cm³/mol. The van der Waals surface area contributed by atoms with Gasteiger partial charge in [0.05, 0.1) is 22.2 Å². The lowest BCUT2D eigenvalue weighted by Gasteiger charge is -2.11. The Morgan fingerprint density at radius 3 is 2.26 bits per heavy atom. The van der Waals surface area contributed by atoms with Gasteiger partial charge in [-0.15, -0.1) is 0 Å². The number of hydrogen-bond donors (Lipinski definition) is 2. The second-order valence-electron chi connectivity index (χ2n) is 8.59. The van der Waals surface area contributed by atoms with Crippen LogP contribution in [0.25, 0.3) is 23.0 Å². The average molecular weight is 633 g/mol. The van der Waals surface area contributed by atoms with Gasteiger partial charge < -0.3 is 10.4 Å². The van der Waals surface area contributed by atoms with Crippen LogP contribution in [0.15, 0.2) is 70.8 Å². The molecule has 0 spiro atoms. The number of nitrogens with one attached hydrogen (secondary N) is 1. The van der Waals surface area contributed by atoms with Crippen molar-refractivity contribution < 1.29 is 14.7 Å². The van der Waals surface area contributed by atoms with E-state index < -0.39 is 11.9 Å². The van der Waals surface area contributed by atoms with Crippen LogP contribution < -0.4 is 5.32 Å². The van der Waals surface area contributed by atoms with Crippen molar-refractivity contribution in [3.63, 3.8) is 0 Å². The van der Waals surface area contributed by atoms with E-state index in [1.165, 1.54) is 10.8 Å². The largest absolute Gasteiger partial charge is 0.493 e. The zero-order valence-electron chi connectivity index (χ0n) is 19.7. The van der Waals surface area contributed by atoms with Gasteiger partial charge in [0, 0.05) is 15.1 Å². The van der Waals surface area contributed by atoms with Gasteiger partial charge in [0.15, 0.2) is 0 Å². The van der Waals surface area contributed by atoms with Crippen molar-refractivity contribution in [3.8, 4) is 22.8 Å². The number of nitrogens with zero attached hydrogens (tertiary/aromatic N) is 3. The number of benzene rings is 3. The average Bonchev–Trinajstić information content (AvgIpc) is 3.31. The third-order valence-electron chi connectivity index (χ3n) is 5.92. The Labute approximate surface area is 241 Å². The van der Waals surface area contributed by atoms with E-state index in [0.29, 0.717) is 20.8 Å². The molecule has 1 aromatic heterocycles. The fraction of sp³-hybridized carbons (Fsp3) is 0.0741. The molecule has 4 aromatic rings. The summed E-state index contributed by atoms with van der Waals surface area (Å²) in [6, 6.07) is 17.0. The highest BCUT2D eigenvalue weighted by Crippen LogP contribution is 2.39. The number of hydrogen-bond acceptors (Lipinski definition) is 4. The van der Waals surface area contributed by atoms with E-state index in [2.05, 4.69) is 26.3 Å². The highest BCUT2D eigenvalue weighted by molar-refractivity contribution is 9.10. The summed E-state index contributed by atoms with van der Waals surface area (Å²) in [7, 11) is 0. The Bertz CT molecular complexity index is 1590. The van der Waals surface area contributed by atoms with Crippen LogP contribution in [0.2, 0.25) is 15.1 Å². The van der Waals surface area contributed by atoms with E-state index >= 15 is 0 Å². The van der Waals surface area contributed by atoms with Crippen LogP contribution in [0.5, 0.6) is 5.88 Å². The van der Waals surface area contributed by atoms with Crippen molar-refractivity contribution in [2.75, 3.05) is 0 Å². The van der Waals surface area contributed by atoms with Gasteiger partial charge in [-0.05, 0) is 42.8 Å². The molecule has 192 valence electrons. The lowest BCUT2D eigenvalue weighted by molar-refractivity contribution is -0.123. The van der Waals surface area contributed by atoms with Crippen LogP contribution in [-0.2, 0) is 11.3 Å². The van der Waals surface area contributed by atoms with Gasteiger partial charge in [-0.2, -0.15) is 9.78 Å². The molecular formula is C27H18BrCl3N4O3. The highest BCUT2D eigenvalue weighted by Gasteiger charge is 2.34. The standard InChI is InChI=1S/C27H18BrCl3N4O3/c1-14-2-4-15(5-3-14)13-34-26(37)22(32-27(34)38)12-19-23(16-6-8-18(29)9-7-16)33-35(25(19)36)24-20(30)10-17(28)11-21(24)31/h2-12,36H,13H2,1H3,(H,32,38)/b22-12-. The van der Waals surface area contributed by atoms with Crippen molar-refractivity contribution >= 4 is 68.7 Å². The molecule has 0 unspecified atom stereocenters. The number of halogens is 4. The van der Waals surface area contributed by atoms with Crippen LogP contribution in [-0.4, -0.2) is 31.7 Å². The van der Waals surface area contributed by atoms with Crippen LogP contribution in [0.3, 0.4) is 0 Å². The zero-order valence-corrected chi connectivity index (χ0v) is 23.5. The third kappa shape index (κ3) is 5.05. The minimum Gasteiger partial charge on any atom is -0.493 e. The zero-order chi connectivity index (χ0) is 27.1. The second-order valence-corrected chi connectivity index (χ2v) is 10.8. The maximum Gasteiger partial charge on any atom is 0.329 e. The maximum absolute atomic E-state index is 13.2. The predicted octanol–water partition coefficient (Wildman–Crippen LogP) is 7.37. The van der Waals surface area contributed by atoms with Crippen molar-refractivity contribution in [1.29, 1.82) is 0 Å². The van der Waals surface area contributed by atoms with E-state index in [9.17, 15) is 14.7 Å². The molecule has 2 heterocycles. The Balaban J connectivity index is 1.60. The smallest absolute Gasteiger partial charge is 0.329 e. The second kappa shape index (κ2) is 10.5. The molecule has 11 heteroatoms. The molecule has 3 amide bonds. The molecule has 0 aliphatic carbocycles. The summed E-state index contributed by atoms with van der Waals surface area (Å²) in [6.45, 7) is 2.06. The molecular weight excluding hydrogens is 615 g/mol. The van der Waals surface area contributed by atoms with E-state index in [1.54, 1.807) is 36.4 Å². The topological polar surface area (TPSA) is 87.5 Å². The van der Waals surface area contributed by atoms with Crippen molar-refractivity contribution in [3.05, 3.63) is 103 Å². The number of aromatic hydroxyl groups is 1. The summed E-state index contributed by atoms with van der Waals surface area (Å²) in [5, 5.41) is 19.5. The molecule has 0 radical (unpaired) electrons. The number of imide groups is 1. The van der Waals surface area contributed by atoms with Gasteiger partial charge in [-0.1, -0.05) is 92.7 Å². The fourth-order valence-corrected chi connectivity index (χ4v) is 5.50. The maximum atomic E-state index is 13.2. The van der Waals surface area contributed by atoms with Crippen LogP contribution in [0.4, 0.5) is 4.79 Å². The van der Waals surface area contributed by atoms with Crippen LogP contribution in [0.1, 0.15) is 16.7 Å². The number of rotatable bonds is 5. The lowest BCUT2D eigenvalue weighted by Crippen LogP contribution is -2.30. The Morgan fingerprint density at radius 1 is 1.00 bits per heavy atom. The molecule has 7 nitrogen and oxygen atoms in total. The lowest BCUT2D eigenvalue weighted by atomic mass is 10.1. The summed E-state index contributed by atoms with van der Waals surface area (Å²) in [6.07, 6.45) is 1.39. The molecule has 2 N–H and O–H groups in total. The number of carbonyl (C=O) groups is 2. The molecule has 3 aromatic carbocycles. The molecule has 1 fully saturated rings. The van der Waals surface area contributed by atoms with Gasteiger partial charge in [-0.3, -0.25) is 9.69 Å². The van der Waals surface area contributed by atoms with E-state index in [1.807, 2.05) is 31.2 Å². The molecule has 1 saturated heterocycles. The summed E-state index contributed by atoms with van der Waals surface area (Å²) >= 11 is 22.3. The minimum atomic E-state index is -0.569. The summed E-state index contributed by atoms with van der Waals surface area (Å²) < 4.78 is 1.84. The molecule has 5 rings (SSSR count). The fourth-order valence-electron chi connectivity index (χ4n) is 4.00. The van der Waals surface area contributed by atoms with Crippen LogP contribution in [0, 0.1) is 6.92 Å². The first-order chi connectivity index (χ1) is 18.1. The first-order valence-electron chi connectivity index (χ1n) is 11.3. The highest BCUT2D eigenvalue weighted by atomic mass is 79.9.